The molecule has 2 aromatic heterocycles. The molecule has 9 heteroatoms. The van der Waals surface area contributed by atoms with E-state index in [-0.39, 0.29) is 11.5 Å². The zero-order chi connectivity index (χ0) is 24.1. The molecule has 0 fully saturated rings. The summed E-state index contributed by atoms with van der Waals surface area (Å²) >= 11 is 1.49. The molecule has 8 nitrogen and oxygen atoms in total. The number of carbonyl (C=O) groups excluding carboxylic acids is 1. The standard InChI is InChI=1S/C25H27N5O3S/c1-4-12-29-16-26-25-27-19(14-23(31)30(25)29)15-34-22-11-6-5-10-21(22)28-24(32)18(3)33-20-9-7-8-17(2)13-20/h5-11,13-14,16,18H,4,12,15H2,1-3H3,(H,28,32). The van der Waals surface area contributed by atoms with Crippen molar-refractivity contribution >= 4 is 29.1 Å². The van der Waals surface area contributed by atoms with Crippen LogP contribution in [0.15, 0.2) is 70.6 Å². The van der Waals surface area contributed by atoms with Gasteiger partial charge in [-0.25, -0.2) is 4.98 Å². The number of aryl methyl sites for hydroxylation is 2. The largest absolute Gasteiger partial charge is 0.481 e. The van der Waals surface area contributed by atoms with Crippen molar-refractivity contribution in [2.24, 2.45) is 0 Å². The fourth-order valence-corrected chi connectivity index (χ4v) is 4.39. The summed E-state index contributed by atoms with van der Waals surface area (Å²) in [6, 6.07) is 16.7. The van der Waals surface area contributed by atoms with Crippen LogP contribution in [0.25, 0.3) is 5.78 Å². The lowest BCUT2D eigenvalue weighted by Crippen LogP contribution is -2.30. The topological polar surface area (TPSA) is 90.5 Å². The Bertz CT molecular complexity index is 1360. The molecular weight excluding hydrogens is 450 g/mol. The first-order chi connectivity index (χ1) is 16.4. The molecule has 1 amide bonds. The van der Waals surface area contributed by atoms with Crippen LogP contribution in [-0.4, -0.2) is 31.2 Å². The number of aromatic nitrogens is 4. The third kappa shape index (κ3) is 5.48. The van der Waals surface area contributed by atoms with E-state index in [1.165, 1.54) is 22.3 Å². The molecule has 4 rings (SSSR count). The number of carbonyl (C=O) groups is 1. The van der Waals surface area contributed by atoms with Crippen LogP contribution in [0.3, 0.4) is 0 Å². The summed E-state index contributed by atoms with van der Waals surface area (Å²) in [5.74, 6) is 1.27. The van der Waals surface area contributed by atoms with Crippen molar-refractivity contribution in [3.05, 3.63) is 82.5 Å². The number of nitrogens with one attached hydrogen (secondary N) is 1. The number of thioether (sulfide) groups is 1. The molecule has 0 spiro atoms. The number of fused-ring (bicyclic) bond motifs is 1. The Kier molecular flexibility index (Phi) is 7.32. The summed E-state index contributed by atoms with van der Waals surface area (Å²) in [6.07, 6.45) is 1.86. The molecule has 34 heavy (non-hydrogen) atoms. The highest BCUT2D eigenvalue weighted by molar-refractivity contribution is 7.98. The Morgan fingerprint density at radius 1 is 1.18 bits per heavy atom. The van der Waals surface area contributed by atoms with Crippen LogP contribution < -0.4 is 15.6 Å². The zero-order valence-electron chi connectivity index (χ0n) is 19.4. The number of rotatable bonds is 9. The number of ether oxygens (including phenoxy) is 1. The molecule has 1 N–H and O–H groups in total. The van der Waals surface area contributed by atoms with Crippen molar-refractivity contribution in [3.63, 3.8) is 0 Å². The van der Waals surface area contributed by atoms with Gasteiger partial charge in [-0.15, -0.1) is 11.8 Å². The minimum Gasteiger partial charge on any atom is -0.481 e. The van der Waals surface area contributed by atoms with E-state index in [0.717, 1.165) is 16.9 Å². The van der Waals surface area contributed by atoms with E-state index in [2.05, 4.69) is 15.3 Å². The third-order valence-electron chi connectivity index (χ3n) is 5.14. The van der Waals surface area contributed by atoms with E-state index in [1.807, 2.05) is 62.4 Å². The average molecular weight is 478 g/mol. The highest BCUT2D eigenvalue weighted by Gasteiger charge is 2.17. The summed E-state index contributed by atoms with van der Waals surface area (Å²) in [5, 5.41) is 2.95. The maximum atomic E-state index is 12.8. The van der Waals surface area contributed by atoms with Crippen molar-refractivity contribution in [2.75, 3.05) is 5.32 Å². The fourth-order valence-electron chi connectivity index (χ4n) is 3.49. The van der Waals surface area contributed by atoms with Gasteiger partial charge in [-0.3, -0.25) is 14.3 Å². The molecule has 0 aliphatic heterocycles. The molecule has 0 aliphatic rings. The van der Waals surface area contributed by atoms with Crippen molar-refractivity contribution < 1.29 is 9.53 Å². The lowest BCUT2D eigenvalue weighted by molar-refractivity contribution is -0.122. The van der Waals surface area contributed by atoms with Gasteiger partial charge < -0.3 is 10.1 Å². The van der Waals surface area contributed by atoms with Gasteiger partial charge in [-0.2, -0.15) is 9.50 Å². The second-order valence-electron chi connectivity index (χ2n) is 7.96. The maximum absolute atomic E-state index is 12.8. The predicted molar refractivity (Wildman–Crippen MR) is 133 cm³/mol. The average Bonchev–Trinajstić information content (AvgIpc) is 3.22. The molecule has 176 valence electrons. The van der Waals surface area contributed by atoms with Crippen molar-refractivity contribution in [3.8, 4) is 5.75 Å². The van der Waals surface area contributed by atoms with Crippen LogP contribution in [0.5, 0.6) is 5.75 Å². The molecule has 4 aromatic rings. The molecule has 0 bridgehead atoms. The first-order valence-electron chi connectivity index (χ1n) is 11.1. The lowest BCUT2D eigenvalue weighted by atomic mass is 10.2. The SMILES string of the molecule is CCCn1cnc2nc(CSc3ccccc3NC(=O)C(C)Oc3cccc(C)c3)cc(=O)n21. The van der Waals surface area contributed by atoms with E-state index in [9.17, 15) is 9.59 Å². The van der Waals surface area contributed by atoms with E-state index < -0.39 is 6.10 Å². The molecule has 0 saturated heterocycles. The quantitative estimate of drug-likeness (QED) is 0.361. The van der Waals surface area contributed by atoms with Crippen molar-refractivity contribution in [1.82, 2.24) is 19.2 Å². The Morgan fingerprint density at radius 3 is 2.79 bits per heavy atom. The Balaban J connectivity index is 1.44. The monoisotopic (exact) mass is 477 g/mol. The Hall–Kier alpha value is -3.59. The second kappa shape index (κ2) is 10.6. The molecule has 0 aliphatic carbocycles. The van der Waals surface area contributed by atoms with Gasteiger partial charge in [-0.05, 0) is 50.1 Å². The van der Waals surface area contributed by atoms with Gasteiger partial charge in [0.1, 0.15) is 12.1 Å². The number of benzene rings is 2. The Morgan fingerprint density at radius 2 is 2.00 bits per heavy atom. The number of amides is 1. The Labute approximate surface area is 202 Å². The summed E-state index contributed by atoms with van der Waals surface area (Å²) < 4.78 is 9.05. The van der Waals surface area contributed by atoms with Crippen LogP contribution in [-0.2, 0) is 17.1 Å². The maximum Gasteiger partial charge on any atom is 0.274 e. The highest BCUT2D eigenvalue weighted by Crippen LogP contribution is 2.29. The minimum atomic E-state index is -0.665. The van der Waals surface area contributed by atoms with E-state index in [4.69, 9.17) is 4.74 Å². The first kappa shape index (κ1) is 23.6. The first-order valence-corrected chi connectivity index (χ1v) is 12.1. The smallest absolute Gasteiger partial charge is 0.274 e. The van der Waals surface area contributed by atoms with Crippen molar-refractivity contribution in [2.45, 2.75) is 50.5 Å². The summed E-state index contributed by atoms with van der Waals surface area (Å²) in [4.78, 5) is 35.0. The van der Waals surface area contributed by atoms with Crippen LogP contribution >= 0.6 is 11.8 Å². The zero-order valence-corrected chi connectivity index (χ0v) is 20.2. The van der Waals surface area contributed by atoms with Gasteiger partial charge >= 0.3 is 0 Å². The minimum absolute atomic E-state index is 0.157. The van der Waals surface area contributed by atoms with Gasteiger partial charge in [0.2, 0.25) is 0 Å². The van der Waals surface area contributed by atoms with Gasteiger partial charge in [0, 0.05) is 23.3 Å². The second-order valence-corrected chi connectivity index (χ2v) is 8.97. The number of hydrogen-bond donors (Lipinski definition) is 1. The van der Waals surface area contributed by atoms with Crippen molar-refractivity contribution in [1.29, 1.82) is 0 Å². The lowest BCUT2D eigenvalue weighted by Gasteiger charge is -2.16. The summed E-state index contributed by atoms with van der Waals surface area (Å²) in [5.41, 5.74) is 2.22. The van der Waals surface area contributed by atoms with Crippen LogP contribution in [0, 0.1) is 6.92 Å². The highest BCUT2D eigenvalue weighted by atomic mass is 32.2. The molecule has 1 unspecified atom stereocenters. The van der Waals surface area contributed by atoms with E-state index >= 15 is 0 Å². The van der Waals surface area contributed by atoms with E-state index in [1.54, 1.807) is 17.9 Å². The number of hydrogen-bond acceptors (Lipinski definition) is 6. The number of para-hydroxylation sites is 1. The summed E-state index contributed by atoms with van der Waals surface area (Å²) in [6.45, 7) is 6.44. The predicted octanol–water partition coefficient (Wildman–Crippen LogP) is 4.31. The van der Waals surface area contributed by atoms with Gasteiger partial charge in [0.15, 0.2) is 6.10 Å². The third-order valence-corrected chi connectivity index (χ3v) is 6.25. The number of anilines is 1. The van der Waals surface area contributed by atoms with Gasteiger partial charge in [-0.1, -0.05) is 31.2 Å². The molecule has 2 heterocycles. The number of nitrogens with zero attached hydrogens (tertiary/aromatic N) is 4. The van der Waals surface area contributed by atoms with E-state index in [0.29, 0.717) is 35.2 Å². The van der Waals surface area contributed by atoms with Crippen LogP contribution in [0.2, 0.25) is 0 Å². The molecule has 1 atom stereocenters. The molecule has 0 saturated carbocycles. The van der Waals surface area contributed by atoms with Crippen LogP contribution in [0.1, 0.15) is 31.5 Å². The summed E-state index contributed by atoms with van der Waals surface area (Å²) in [7, 11) is 0. The van der Waals surface area contributed by atoms with Gasteiger partial charge in [0.25, 0.3) is 17.2 Å². The van der Waals surface area contributed by atoms with Gasteiger partial charge in [0.05, 0.1) is 11.4 Å². The molecule has 2 aromatic carbocycles. The fraction of sp³-hybridized carbons (Fsp3) is 0.280. The normalized spacial score (nSPS) is 12.0. The van der Waals surface area contributed by atoms with Crippen LogP contribution in [0.4, 0.5) is 5.69 Å². The molecule has 0 radical (unpaired) electrons. The molecular formula is C25H27N5O3S.